The lowest BCUT2D eigenvalue weighted by Gasteiger charge is -2.14. The molecule has 3 heteroatoms. The van der Waals surface area contributed by atoms with Crippen LogP contribution in [0.15, 0.2) is 18.2 Å². The number of hydrogen-bond donors (Lipinski definition) is 2. The fourth-order valence-corrected chi connectivity index (χ4v) is 1.69. The van der Waals surface area contributed by atoms with Crippen LogP contribution in [-0.2, 0) is 11.3 Å². The predicted octanol–water partition coefficient (Wildman–Crippen LogP) is 1.99. The summed E-state index contributed by atoms with van der Waals surface area (Å²) >= 11 is 0. The van der Waals surface area contributed by atoms with Crippen molar-refractivity contribution in [1.82, 2.24) is 0 Å². The van der Waals surface area contributed by atoms with E-state index in [4.69, 9.17) is 10.5 Å². The first-order valence-corrected chi connectivity index (χ1v) is 5.20. The van der Waals surface area contributed by atoms with Crippen LogP contribution >= 0.6 is 0 Å². The quantitative estimate of drug-likeness (QED) is 0.779. The highest BCUT2D eigenvalue weighted by Crippen LogP contribution is 2.30. The van der Waals surface area contributed by atoms with Crippen molar-refractivity contribution in [3.05, 3.63) is 29.3 Å². The smallest absolute Gasteiger partial charge is 0.124 e. The van der Waals surface area contributed by atoms with Gasteiger partial charge in [-0.3, -0.25) is 0 Å². The molecule has 0 aliphatic carbocycles. The predicted molar refractivity (Wildman–Crippen MR) is 60.9 cm³/mol. The Morgan fingerprint density at radius 1 is 1.47 bits per heavy atom. The minimum atomic E-state index is 0.284. The highest BCUT2D eigenvalue weighted by molar-refractivity contribution is 5.41. The van der Waals surface area contributed by atoms with Gasteiger partial charge in [-0.05, 0) is 24.4 Å². The van der Waals surface area contributed by atoms with E-state index in [2.05, 4.69) is 6.92 Å². The summed E-state index contributed by atoms with van der Waals surface area (Å²) in [7, 11) is 1.62. The largest absolute Gasteiger partial charge is 0.507 e. The van der Waals surface area contributed by atoms with Gasteiger partial charge in [0, 0.05) is 12.7 Å². The van der Waals surface area contributed by atoms with Gasteiger partial charge in [-0.2, -0.15) is 0 Å². The summed E-state index contributed by atoms with van der Waals surface area (Å²) in [5, 5.41) is 10.00. The normalized spacial score (nSPS) is 12.7. The van der Waals surface area contributed by atoms with E-state index >= 15 is 0 Å². The molecule has 0 spiro atoms. The first-order valence-electron chi connectivity index (χ1n) is 5.20. The van der Waals surface area contributed by atoms with Gasteiger partial charge in [0.25, 0.3) is 0 Å². The molecule has 0 heterocycles. The molecule has 3 nitrogen and oxygen atoms in total. The molecular weight excluding hydrogens is 190 g/mol. The molecule has 1 rings (SSSR count). The summed E-state index contributed by atoms with van der Waals surface area (Å²) in [6, 6.07) is 5.75. The van der Waals surface area contributed by atoms with Crippen LogP contribution in [0.5, 0.6) is 5.75 Å². The average Bonchev–Trinajstić information content (AvgIpc) is 2.22. The monoisotopic (exact) mass is 209 g/mol. The molecular formula is C12H19NO2. The van der Waals surface area contributed by atoms with E-state index in [1.54, 1.807) is 7.11 Å². The zero-order valence-electron chi connectivity index (χ0n) is 9.36. The van der Waals surface area contributed by atoms with Gasteiger partial charge in [0.15, 0.2) is 0 Å². The SMILES string of the molecule is COCc1cccc(C(C)CCN)c1O. The van der Waals surface area contributed by atoms with Crippen LogP contribution in [0.3, 0.4) is 0 Å². The second kappa shape index (κ2) is 5.73. The van der Waals surface area contributed by atoms with Crippen LogP contribution in [0, 0.1) is 0 Å². The molecule has 0 aromatic heterocycles. The van der Waals surface area contributed by atoms with Gasteiger partial charge in [-0.15, -0.1) is 0 Å². The van der Waals surface area contributed by atoms with Gasteiger partial charge >= 0.3 is 0 Å². The summed E-state index contributed by atoms with van der Waals surface area (Å²) in [4.78, 5) is 0. The second-order valence-electron chi connectivity index (χ2n) is 3.77. The topological polar surface area (TPSA) is 55.5 Å². The number of phenols is 1. The Balaban J connectivity index is 2.92. The van der Waals surface area contributed by atoms with Crippen LogP contribution in [0.4, 0.5) is 0 Å². The van der Waals surface area contributed by atoms with E-state index in [1.165, 1.54) is 0 Å². The minimum absolute atomic E-state index is 0.284. The molecule has 0 aliphatic heterocycles. The van der Waals surface area contributed by atoms with Crippen molar-refractivity contribution in [2.75, 3.05) is 13.7 Å². The molecule has 15 heavy (non-hydrogen) atoms. The first-order chi connectivity index (χ1) is 7.20. The maximum Gasteiger partial charge on any atom is 0.124 e. The van der Waals surface area contributed by atoms with Gasteiger partial charge in [-0.25, -0.2) is 0 Å². The molecule has 0 saturated carbocycles. The van der Waals surface area contributed by atoms with Gasteiger partial charge in [0.2, 0.25) is 0 Å². The van der Waals surface area contributed by atoms with Crippen molar-refractivity contribution >= 4 is 0 Å². The maximum absolute atomic E-state index is 10.00. The van der Waals surface area contributed by atoms with Crippen molar-refractivity contribution in [3.8, 4) is 5.75 Å². The highest BCUT2D eigenvalue weighted by atomic mass is 16.5. The van der Waals surface area contributed by atoms with Gasteiger partial charge in [0.05, 0.1) is 6.61 Å². The molecule has 0 bridgehead atoms. The van der Waals surface area contributed by atoms with Crippen molar-refractivity contribution in [2.45, 2.75) is 25.9 Å². The molecule has 1 unspecified atom stereocenters. The van der Waals surface area contributed by atoms with Crippen LogP contribution in [0.2, 0.25) is 0 Å². The van der Waals surface area contributed by atoms with Crippen LogP contribution in [-0.4, -0.2) is 18.8 Å². The number of aromatic hydroxyl groups is 1. The Kier molecular flexibility index (Phi) is 4.59. The molecule has 0 aliphatic rings. The Morgan fingerprint density at radius 3 is 2.80 bits per heavy atom. The molecule has 1 atom stereocenters. The number of benzene rings is 1. The van der Waals surface area contributed by atoms with Crippen molar-refractivity contribution in [1.29, 1.82) is 0 Å². The second-order valence-corrected chi connectivity index (χ2v) is 3.77. The maximum atomic E-state index is 10.00. The van der Waals surface area contributed by atoms with E-state index in [9.17, 15) is 5.11 Å². The third-order valence-electron chi connectivity index (χ3n) is 2.58. The minimum Gasteiger partial charge on any atom is -0.507 e. The fraction of sp³-hybridized carbons (Fsp3) is 0.500. The molecule has 1 aromatic rings. The van der Waals surface area contributed by atoms with Crippen LogP contribution in [0.25, 0.3) is 0 Å². The molecule has 0 fully saturated rings. The van der Waals surface area contributed by atoms with Crippen molar-refractivity contribution in [2.24, 2.45) is 5.73 Å². The van der Waals surface area contributed by atoms with Crippen molar-refractivity contribution < 1.29 is 9.84 Å². The lowest BCUT2D eigenvalue weighted by atomic mass is 9.95. The highest BCUT2D eigenvalue weighted by Gasteiger charge is 2.12. The Labute approximate surface area is 90.9 Å². The Morgan fingerprint density at radius 2 is 2.20 bits per heavy atom. The molecule has 3 N–H and O–H groups in total. The molecule has 0 amide bonds. The van der Waals surface area contributed by atoms with E-state index < -0.39 is 0 Å². The number of nitrogens with two attached hydrogens (primary N) is 1. The summed E-state index contributed by atoms with van der Waals surface area (Å²) in [6.45, 7) is 3.14. The molecule has 84 valence electrons. The molecule has 0 saturated heterocycles. The molecule has 1 aromatic carbocycles. The average molecular weight is 209 g/mol. The third-order valence-corrected chi connectivity index (χ3v) is 2.58. The number of phenolic OH excluding ortho intramolecular Hbond substituents is 1. The van der Waals surface area contributed by atoms with E-state index in [0.717, 1.165) is 17.5 Å². The third kappa shape index (κ3) is 2.94. The van der Waals surface area contributed by atoms with Crippen LogP contribution in [0.1, 0.15) is 30.4 Å². The van der Waals surface area contributed by atoms with E-state index in [0.29, 0.717) is 18.9 Å². The summed E-state index contributed by atoms with van der Waals surface area (Å²) in [5.74, 6) is 0.632. The summed E-state index contributed by atoms with van der Waals surface area (Å²) in [6.07, 6.45) is 0.879. The number of para-hydroxylation sites is 1. The van der Waals surface area contributed by atoms with Crippen LogP contribution < -0.4 is 5.73 Å². The number of hydrogen-bond acceptors (Lipinski definition) is 3. The van der Waals surface area contributed by atoms with Gasteiger partial charge in [0.1, 0.15) is 5.75 Å². The lowest BCUT2D eigenvalue weighted by molar-refractivity contribution is 0.182. The molecule has 0 radical (unpaired) electrons. The number of methoxy groups -OCH3 is 1. The lowest BCUT2D eigenvalue weighted by Crippen LogP contribution is -2.05. The first kappa shape index (κ1) is 12.0. The van der Waals surface area contributed by atoms with Gasteiger partial charge < -0.3 is 15.6 Å². The number of rotatable bonds is 5. The fourth-order valence-electron chi connectivity index (χ4n) is 1.69. The summed E-state index contributed by atoms with van der Waals surface area (Å²) < 4.78 is 5.02. The Hall–Kier alpha value is -1.06. The zero-order chi connectivity index (χ0) is 11.3. The Bertz CT molecular complexity index is 312. The van der Waals surface area contributed by atoms with E-state index in [-0.39, 0.29) is 5.92 Å². The standard InChI is InChI=1S/C12H19NO2/c1-9(6-7-13)11-5-3-4-10(8-15-2)12(11)14/h3-5,9,14H,6-8,13H2,1-2H3. The van der Waals surface area contributed by atoms with Gasteiger partial charge in [-0.1, -0.05) is 25.1 Å². The van der Waals surface area contributed by atoms with E-state index in [1.807, 2.05) is 18.2 Å². The number of ether oxygens (including phenoxy) is 1. The summed E-state index contributed by atoms with van der Waals surface area (Å²) in [5.41, 5.74) is 7.29. The van der Waals surface area contributed by atoms with Crippen molar-refractivity contribution in [3.63, 3.8) is 0 Å². The zero-order valence-corrected chi connectivity index (χ0v) is 9.36.